The summed E-state index contributed by atoms with van der Waals surface area (Å²) >= 11 is 0. The Morgan fingerprint density at radius 1 is 1.28 bits per heavy atom. The van der Waals surface area contributed by atoms with Gasteiger partial charge < -0.3 is 9.42 Å². The molecule has 0 aromatic carbocycles. The molecule has 8 heteroatoms. The lowest BCUT2D eigenvalue weighted by atomic mass is 10.1. The zero-order valence-corrected chi connectivity index (χ0v) is 14.5. The highest BCUT2D eigenvalue weighted by Gasteiger charge is 2.35. The SMILES string of the molecule is Cc1cc(-c2cn(C)nc2[C@@H]2CCCN2C(=O)c2ccn(C)n2)on1. The predicted octanol–water partition coefficient (Wildman–Crippen LogP) is 2.09. The van der Waals surface area contributed by atoms with E-state index in [1.165, 1.54) is 0 Å². The van der Waals surface area contributed by atoms with Gasteiger partial charge in [-0.1, -0.05) is 5.16 Å². The van der Waals surface area contributed by atoms with E-state index in [-0.39, 0.29) is 11.9 Å². The van der Waals surface area contributed by atoms with Crippen molar-refractivity contribution >= 4 is 5.91 Å². The van der Waals surface area contributed by atoms with Gasteiger partial charge in [-0.3, -0.25) is 14.2 Å². The first kappa shape index (κ1) is 15.6. The zero-order valence-electron chi connectivity index (χ0n) is 14.5. The maximum absolute atomic E-state index is 12.9. The molecule has 3 aromatic heterocycles. The molecule has 0 unspecified atom stereocenters. The van der Waals surface area contributed by atoms with E-state index in [0.29, 0.717) is 18.0 Å². The maximum Gasteiger partial charge on any atom is 0.274 e. The second-order valence-corrected chi connectivity index (χ2v) is 6.47. The summed E-state index contributed by atoms with van der Waals surface area (Å²) in [5.41, 5.74) is 3.01. The van der Waals surface area contributed by atoms with Gasteiger partial charge in [0.2, 0.25) is 0 Å². The highest BCUT2D eigenvalue weighted by Crippen LogP contribution is 2.37. The summed E-state index contributed by atoms with van der Waals surface area (Å²) in [6, 6.07) is 3.55. The van der Waals surface area contributed by atoms with Crippen LogP contribution in [0.25, 0.3) is 11.3 Å². The van der Waals surface area contributed by atoms with Gasteiger partial charge in [0.05, 0.1) is 23.0 Å². The molecule has 1 aliphatic heterocycles. The Balaban J connectivity index is 1.70. The number of rotatable bonds is 3. The first-order chi connectivity index (χ1) is 12.0. The second kappa shape index (κ2) is 5.87. The fraction of sp³-hybridized carbons (Fsp3) is 0.412. The lowest BCUT2D eigenvalue weighted by Gasteiger charge is -2.23. The van der Waals surface area contributed by atoms with Crippen molar-refractivity contribution in [2.24, 2.45) is 14.1 Å². The van der Waals surface area contributed by atoms with Crippen LogP contribution in [0.1, 0.15) is 40.8 Å². The summed E-state index contributed by atoms with van der Waals surface area (Å²) in [5.74, 6) is 0.617. The molecular weight excluding hydrogens is 320 g/mol. The number of aromatic nitrogens is 5. The smallest absolute Gasteiger partial charge is 0.274 e. The van der Waals surface area contributed by atoms with Crippen molar-refractivity contribution in [2.75, 3.05) is 6.54 Å². The van der Waals surface area contributed by atoms with Gasteiger partial charge in [-0.15, -0.1) is 0 Å². The molecule has 4 heterocycles. The number of likely N-dealkylation sites (tertiary alicyclic amines) is 1. The number of amides is 1. The number of hydrogen-bond acceptors (Lipinski definition) is 5. The van der Waals surface area contributed by atoms with Gasteiger partial charge in [-0.25, -0.2) is 0 Å². The first-order valence-corrected chi connectivity index (χ1v) is 8.31. The molecule has 1 saturated heterocycles. The summed E-state index contributed by atoms with van der Waals surface area (Å²) in [6.45, 7) is 2.58. The number of hydrogen-bond donors (Lipinski definition) is 0. The Kier molecular flexibility index (Phi) is 3.67. The molecule has 8 nitrogen and oxygen atoms in total. The molecule has 3 aromatic rings. The monoisotopic (exact) mass is 340 g/mol. The van der Waals surface area contributed by atoms with Crippen molar-refractivity contribution in [1.82, 2.24) is 29.6 Å². The van der Waals surface area contributed by atoms with Crippen LogP contribution in [-0.4, -0.2) is 42.1 Å². The van der Waals surface area contributed by atoms with E-state index in [4.69, 9.17) is 4.52 Å². The Hall–Kier alpha value is -2.90. The fourth-order valence-electron chi connectivity index (χ4n) is 3.40. The quantitative estimate of drug-likeness (QED) is 0.729. The molecule has 1 amide bonds. The van der Waals surface area contributed by atoms with Crippen LogP contribution in [0.2, 0.25) is 0 Å². The lowest BCUT2D eigenvalue weighted by Crippen LogP contribution is -2.31. The molecule has 130 valence electrons. The molecule has 1 aliphatic rings. The minimum atomic E-state index is -0.0869. The molecule has 0 bridgehead atoms. The third-order valence-corrected chi connectivity index (χ3v) is 4.51. The molecule has 25 heavy (non-hydrogen) atoms. The summed E-state index contributed by atoms with van der Waals surface area (Å²) < 4.78 is 8.82. The van der Waals surface area contributed by atoms with E-state index in [1.54, 1.807) is 28.7 Å². The Morgan fingerprint density at radius 3 is 2.80 bits per heavy atom. The Labute approximate surface area is 145 Å². The van der Waals surface area contributed by atoms with Crippen molar-refractivity contribution in [3.8, 4) is 11.3 Å². The van der Waals surface area contributed by atoms with E-state index < -0.39 is 0 Å². The Bertz CT molecular complexity index is 921. The lowest BCUT2D eigenvalue weighted by molar-refractivity contribution is 0.0726. The van der Waals surface area contributed by atoms with Crippen LogP contribution in [0.4, 0.5) is 0 Å². The molecule has 0 radical (unpaired) electrons. The van der Waals surface area contributed by atoms with Crippen LogP contribution < -0.4 is 0 Å². The Morgan fingerprint density at radius 2 is 2.12 bits per heavy atom. The van der Waals surface area contributed by atoms with Crippen LogP contribution in [-0.2, 0) is 14.1 Å². The van der Waals surface area contributed by atoms with Gasteiger partial charge >= 0.3 is 0 Å². The van der Waals surface area contributed by atoms with Crippen molar-refractivity contribution < 1.29 is 9.32 Å². The summed E-state index contributed by atoms with van der Waals surface area (Å²) in [6.07, 6.45) is 5.50. The summed E-state index contributed by atoms with van der Waals surface area (Å²) in [5, 5.41) is 12.8. The molecule has 1 fully saturated rings. The van der Waals surface area contributed by atoms with Crippen LogP contribution >= 0.6 is 0 Å². The van der Waals surface area contributed by atoms with Crippen LogP contribution in [0, 0.1) is 6.92 Å². The van der Waals surface area contributed by atoms with Crippen LogP contribution in [0.3, 0.4) is 0 Å². The van der Waals surface area contributed by atoms with Gasteiger partial charge in [0, 0.05) is 39.1 Å². The van der Waals surface area contributed by atoms with E-state index in [9.17, 15) is 4.79 Å². The fourth-order valence-corrected chi connectivity index (χ4v) is 3.40. The van der Waals surface area contributed by atoms with Gasteiger partial charge in [0.15, 0.2) is 5.76 Å². The van der Waals surface area contributed by atoms with Gasteiger partial charge in [-0.05, 0) is 25.8 Å². The molecule has 0 aliphatic carbocycles. The standard InChI is InChI=1S/C17H20N6O2/c1-11-9-15(25-20-11)12-10-22(3)19-16(12)14-5-4-7-23(14)17(24)13-6-8-21(2)18-13/h6,8-10,14H,4-5,7H2,1-3H3/t14-/m0/s1. The molecule has 1 atom stereocenters. The van der Waals surface area contributed by atoms with E-state index in [0.717, 1.165) is 29.8 Å². The van der Waals surface area contributed by atoms with E-state index in [2.05, 4.69) is 15.4 Å². The predicted molar refractivity (Wildman–Crippen MR) is 89.7 cm³/mol. The largest absolute Gasteiger partial charge is 0.356 e. The third-order valence-electron chi connectivity index (χ3n) is 4.51. The molecule has 0 saturated carbocycles. The third kappa shape index (κ3) is 2.73. The second-order valence-electron chi connectivity index (χ2n) is 6.47. The highest BCUT2D eigenvalue weighted by atomic mass is 16.5. The normalized spacial score (nSPS) is 17.4. The number of aryl methyl sites for hydroxylation is 3. The van der Waals surface area contributed by atoms with Crippen molar-refractivity contribution in [3.05, 3.63) is 41.6 Å². The average molecular weight is 340 g/mol. The minimum absolute atomic E-state index is 0.0616. The number of carbonyl (C=O) groups is 1. The maximum atomic E-state index is 12.9. The molecule has 4 rings (SSSR count). The molecule has 0 N–H and O–H groups in total. The van der Waals surface area contributed by atoms with Crippen LogP contribution in [0.5, 0.6) is 0 Å². The topological polar surface area (TPSA) is 82.0 Å². The van der Waals surface area contributed by atoms with Crippen molar-refractivity contribution in [1.29, 1.82) is 0 Å². The molecule has 0 spiro atoms. The van der Waals surface area contributed by atoms with E-state index >= 15 is 0 Å². The first-order valence-electron chi connectivity index (χ1n) is 8.31. The van der Waals surface area contributed by atoms with Gasteiger partial charge in [0.25, 0.3) is 5.91 Å². The molecular formula is C17H20N6O2. The van der Waals surface area contributed by atoms with Crippen molar-refractivity contribution in [2.45, 2.75) is 25.8 Å². The van der Waals surface area contributed by atoms with Gasteiger partial charge in [-0.2, -0.15) is 10.2 Å². The average Bonchev–Trinajstić information content (AvgIpc) is 3.32. The van der Waals surface area contributed by atoms with E-state index in [1.807, 2.05) is 31.1 Å². The minimum Gasteiger partial charge on any atom is -0.356 e. The zero-order chi connectivity index (χ0) is 17.6. The van der Waals surface area contributed by atoms with Gasteiger partial charge in [0.1, 0.15) is 5.69 Å². The summed E-state index contributed by atoms with van der Waals surface area (Å²) in [7, 11) is 3.68. The van der Waals surface area contributed by atoms with Crippen molar-refractivity contribution in [3.63, 3.8) is 0 Å². The number of carbonyl (C=O) groups excluding carboxylic acids is 1. The number of nitrogens with zero attached hydrogens (tertiary/aromatic N) is 6. The van der Waals surface area contributed by atoms with Crippen LogP contribution in [0.15, 0.2) is 29.0 Å². The summed E-state index contributed by atoms with van der Waals surface area (Å²) in [4.78, 5) is 14.7. The highest BCUT2D eigenvalue weighted by molar-refractivity contribution is 5.92.